The monoisotopic (exact) mass is 524 g/mol. The molecule has 0 saturated carbocycles. The summed E-state index contributed by atoms with van der Waals surface area (Å²) in [5.74, 6) is 1.22. The number of rotatable bonds is 17. The highest BCUT2D eigenvalue weighted by atomic mass is 16.5. The Balaban J connectivity index is 1.52. The molecule has 2 aromatic rings. The van der Waals surface area contributed by atoms with Crippen LogP contribution in [0.15, 0.2) is 53.5 Å². The molecule has 38 heavy (non-hydrogen) atoms. The van der Waals surface area contributed by atoms with Crippen molar-refractivity contribution in [1.82, 2.24) is 4.90 Å². The van der Waals surface area contributed by atoms with Crippen molar-refractivity contribution in [1.29, 1.82) is 0 Å². The largest absolute Gasteiger partial charge is 0.494 e. The topological polar surface area (TPSA) is 91.6 Å². The molecule has 2 aromatic carbocycles. The van der Waals surface area contributed by atoms with Gasteiger partial charge in [0.1, 0.15) is 11.5 Å². The van der Waals surface area contributed by atoms with Crippen LogP contribution >= 0.6 is 0 Å². The van der Waals surface area contributed by atoms with Gasteiger partial charge < -0.3 is 24.6 Å². The van der Waals surface area contributed by atoms with E-state index in [-0.39, 0.29) is 24.2 Å². The van der Waals surface area contributed by atoms with E-state index in [2.05, 4.69) is 16.8 Å². The maximum atomic E-state index is 12.3. The van der Waals surface area contributed by atoms with Gasteiger partial charge in [0, 0.05) is 38.5 Å². The minimum Gasteiger partial charge on any atom is -0.494 e. The van der Waals surface area contributed by atoms with Crippen molar-refractivity contribution in [2.24, 2.45) is 10.9 Å². The van der Waals surface area contributed by atoms with E-state index in [9.17, 15) is 15.0 Å². The quantitative estimate of drug-likeness (QED) is 0.229. The fourth-order valence-corrected chi connectivity index (χ4v) is 4.58. The highest BCUT2D eigenvalue weighted by Gasteiger charge is 2.27. The van der Waals surface area contributed by atoms with Crippen molar-refractivity contribution in [2.75, 3.05) is 39.4 Å². The fourth-order valence-electron chi connectivity index (χ4n) is 4.58. The Morgan fingerprint density at radius 3 is 2.39 bits per heavy atom. The number of unbranched alkanes of at least 4 members (excludes halogenated alkanes) is 3. The number of Topliss-reactive ketones (excluding diaryl/α,β-unsaturated/α-hetero) is 1. The van der Waals surface area contributed by atoms with Gasteiger partial charge in [0.05, 0.1) is 31.6 Å². The van der Waals surface area contributed by atoms with Crippen molar-refractivity contribution in [3.63, 3.8) is 0 Å². The number of ketones is 1. The van der Waals surface area contributed by atoms with Gasteiger partial charge >= 0.3 is 0 Å². The van der Waals surface area contributed by atoms with Crippen molar-refractivity contribution in [3.8, 4) is 11.5 Å². The van der Waals surface area contributed by atoms with Crippen molar-refractivity contribution in [2.45, 2.75) is 64.6 Å². The number of β-amino-alcohol motifs (C(OH)–C–C–N with tert-alkyl or cyclic N) is 1. The van der Waals surface area contributed by atoms with E-state index in [1.165, 1.54) is 25.5 Å². The van der Waals surface area contributed by atoms with Gasteiger partial charge in [-0.15, -0.1) is 0 Å². The number of aliphatic hydroxyl groups excluding tert-OH is 2. The van der Waals surface area contributed by atoms with Gasteiger partial charge in [-0.05, 0) is 49.6 Å². The summed E-state index contributed by atoms with van der Waals surface area (Å²) >= 11 is 0. The van der Waals surface area contributed by atoms with Crippen LogP contribution in [0.1, 0.15) is 62.7 Å². The first-order chi connectivity index (χ1) is 18.4. The molecule has 1 fully saturated rings. The Labute approximate surface area is 227 Å². The van der Waals surface area contributed by atoms with Crippen molar-refractivity contribution >= 4 is 12.0 Å². The Hall–Kier alpha value is -2.74. The Morgan fingerprint density at radius 2 is 1.74 bits per heavy atom. The molecule has 0 spiro atoms. The van der Waals surface area contributed by atoms with Crippen LogP contribution in [0.3, 0.4) is 0 Å². The summed E-state index contributed by atoms with van der Waals surface area (Å²) in [6.45, 7) is 7.47. The first-order valence-electron chi connectivity index (χ1n) is 14.0. The molecule has 0 aliphatic carbocycles. The molecule has 1 aliphatic rings. The normalized spacial score (nSPS) is 17.5. The number of aliphatic hydroxyl groups is 2. The number of hydrogen-bond donors (Lipinski definition) is 2. The smallest absolute Gasteiger partial charge is 0.176 e. The lowest BCUT2D eigenvalue weighted by Crippen LogP contribution is -2.33. The SMILES string of the molecule is CCCCCCOc1ccc([C@@H](O)[C@H](CN=CC(=O)CCOc2ccc(C)cc2)CN2CC[C@H](O)C2)cc1. The van der Waals surface area contributed by atoms with Crippen LogP contribution in [-0.2, 0) is 4.79 Å². The van der Waals surface area contributed by atoms with E-state index in [0.717, 1.165) is 42.0 Å². The number of nitrogens with zero attached hydrogens (tertiary/aromatic N) is 2. The van der Waals surface area contributed by atoms with Gasteiger partial charge in [-0.25, -0.2) is 0 Å². The molecule has 1 aliphatic heterocycles. The zero-order valence-corrected chi connectivity index (χ0v) is 22.9. The summed E-state index contributed by atoms with van der Waals surface area (Å²) in [5.41, 5.74) is 1.95. The molecule has 0 radical (unpaired) electrons. The van der Waals surface area contributed by atoms with Crippen molar-refractivity contribution < 1.29 is 24.5 Å². The molecule has 2 N–H and O–H groups in total. The van der Waals surface area contributed by atoms with E-state index < -0.39 is 6.10 Å². The molecule has 3 rings (SSSR count). The third-order valence-corrected chi connectivity index (χ3v) is 6.89. The van der Waals surface area contributed by atoms with Gasteiger partial charge in [0.15, 0.2) is 5.78 Å². The number of carbonyl (C=O) groups excluding carboxylic acids is 1. The third kappa shape index (κ3) is 10.6. The van der Waals surface area contributed by atoms with Crippen LogP contribution in [0, 0.1) is 12.8 Å². The molecule has 7 heteroatoms. The summed E-state index contributed by atoms with van der Waals surface area (Å²) in [5, 5.41) is 21.2. The van der Waals surface area contributed by atoms with Crippen LogP contribution in [0.5, 0.6) is 11.5 Å². The van der Waals surface area contributed by atoms with E-state index in [0.29, 0.717) is 32.8 Å². The second kappa shape index (κ2) is 16.3. The van der Waals surface area contributed by atoms with Gasteiger partial charge in [-0.1, -0.05) is 56.0 Å². The third-order valence-electron chi connectivity index (χ3n) is 6.89. The summed E-state index contributed by atoms with van der Waals surface area (Å²) < 4.78 is 11.5. The average Bonchev–Trinajstić information content (AvgIpc) is 3.33. The molecule has 7 nitrogen and oxygen atoms in total. The molecule has 0 unspecified atom stereocenters. The van der Waals surface area contributed by atoms with Gasteiger partial charge in [-0.3, -0.25) is 9.79 Å². The summed E-state index contributed by atoms with van der Waals surface area (Å²) in [7, 11) is 0. The van der Waals surface area contributed by atoms with Gasteiger partial charge in [-0.2, -0.15) is 0 Å². The minimum atomic E-state index is -0.747. The molecule has 0 bridgehead atoms. The van der Waals surface area contributed by atoms with E-state index in [1.54, 1.807) is 0 Å². The second-order valence-electron chi connectivity index (χ2n) is 10.3. The average molecular weight is 525 g/mol. The Morgan fingerprint density at radius 1 is 1.05 bits per heavy atom. The molecule has 208 valence electrons. The van der Waals surface area contributed by atoms with Crippen LogP contribution < -0.4 is 9.47 Å². The molecule has 1 saturated heterocycles. The second-order valence-corrected chi connectivity index (χ2v) is 10.3. The first-order valence-corrected chi connectivity index (χ1v) is 14.0. The van der Waals surface area contributed by atoms with Crippen LogP contribution in [0.2, 0.25) is 0 Å². The van der Waals surface area contributed by atoms with E-state index in [1.807, 2.05) is 55.5 Å². The minimum absolute atomic E-state index is 0.109. The number of ether oxygens (including phenoxy) is 2. The van der Waals surface area contributed by atoms with Crippen LogP contribution in [0.25, 0.3) is 0 Å². The maximum absolute atomic E-state index is 12.3. The summed E-state index contributed by atoms with van der Waals surface area (Å²) in [6.07, 6.45) is 5.87. The maximum Gasteiger partial charge on any atom is 0.176 e. The summed E-state index contributed by atoms with van der Waals surface area (Å²) in [4.78, 5) is 18.9. The van der Waals surface area contributed by atoms with E-state index >= 15 is 0 Å². The number of carbonyl (C=O) groups is 1. The lowest BCUT2D eigenvalue weighted by Gasteiger charge is -2.27. The van der Waals surface area contributed by atoms with Crippen molar-refractivity contribution in [3.05, 3.63) is 59.7 Å². The summed E-state index contributed by atoms with van der Waals surface area (Å²) in [6, 6.07) is 15.3. The molecule has 0 amide bonds. The lowest BCUT2D eigenvalue weighted by molar-refractivity contribution is -0.113. The molecular weight excluding hydrogens is 480 g/mol. The Kier molecular flexibility index (Phi) is 12.8. The fraction of sp³-hybridized carbons (Fsp3) is 0.548. The molecule has 3 atom stereocenters. The molecule has 1 heterocycles. The predicted molar refractivity (Wildman–Crippen MR) is 151 cm³/mol. The highest BCUT2D eigenvalue weighted by molar-refractivity contribution is 6.27. The number of likely N-dealkylation sites (tertiary alicyclic amines) is 1. The number of hydrogen-bond acceptors (Lipinski definition) is 7. The molecular formula is C31H44N2O5. The number of benzene rings is 2. The zero-order chi connectivity index (χ0) is 27.2. The first kappa shape index (κ1) is 29.8. The van der Waals surface area contributed by atoms with E-state index in [4.69, 9.17) is 9.47 Å². The number of aryl methyl sites for hydroxylation is 1. The zero-order valence-electron chi connectivity index (χ0n) is 22.9. The highest BCUT2D eigenvalue weighted by Crippen LogP contribution is 2.27. The van der Waals surface area contributed by atoms with Gasteiger partial charge in [0.2, 0.25) is 0 Å². The van der Waals surface area contributed by atoms with Crippen LogP contribution in [-0.4, -0.2) is 72.6 Å². The lowest BCUT2D eigenvalue weighted by atomic mass is 9.95. The standard InChI is InChI=1S/C31H44N2O5/c1-3-4-5-6-18-37-30-13-9-25(10-14-30)31(36)26(22-33-17-15-28(35)23-33)20-32-21-27(34)16-19-38-29-11-7-24(2)8-12-29/h7-14,21,26,28,31,35-36H,3-6,15-20,22-23H2,1-2H3/t26-,28+,31-/m1/s1. The number of aliphatic imine (C=N–C) groups is 1. The Bertz CT molecular complexity index is 977. The predicted octanol–water partition coefficient (Wildman–Crippen LogP) is 4.78. The molecule has 0 aromatic heterocycles. The van der Waals surface area contributed by atoms with Crippen LogP contribution in [0.4, 0.5) is 0 Å². The van der Waals surface area contributed by atoms with Gasteiger partial charge in [0.25, 0.3) is 0 Å².